The minimum Gasteiger partial charge on any atom is -0.490 e. The molecule has 8 nitrogen and oxygen atoms in total. The zero-order valence-corrected chi connectivity index (χ0v) is 9.39. The summed E-state index contributed by atoms with van der Waals surface area (Å²) in [6, 6.07) is 3.19. The summed E-state index contributed by atoms with van der Waals surface area (Å²) in [6.07, 6.45) is 0. The first-order chi connectivity index (χ1) is 7.81. The van der Waals surface area contributed by atoms with Crippen LogP contribution in [-0.4, -0.2) is 20.5 Å². The third kappa shape index (κ3) is 2.49. The van der Waals surface area contributed by atoms with Crippen molar-refractivity contribution in [3.05, 3.63) is 27.8 Å². The second-order valence-corrected chi connectivity index (χ2v) is 4.46. The lowest BCUT2D eigenvalue weighted by atomic mass is 10.2. The zero-order valence-electron chi connectivity index (χ0n) is 8.58. The van der Waals surface area contributed by atoms with E-state index in [1.54, 1.807) is 0 Å². The summed E-state index contributed by atoms with van der Waals surface area (Å²) in [5.41, 5.74) is -0.906. The van der Waals surface area contributed by atoms with Crippen molar-refractivity contribution in [2.75, 3.05) is 7.11 Å². The highest BCUT2D eigenvalue weighted by atomic mass is 32.2. The number of sulfonamides is 1. The Bertz CT molecular complexity index is 617. The molecule has 0 unspecified atom stereocenters. The van der Waals surface area contributed by atoms with Crippen molar-refractivity contribution in [2.45, 2.75) is 4.90 Å². The number of nitrogens with zero attached hydrogens (tertiary/aromatic N) is 2. The number of methoxy groups -OCH3 is 1. The topological polar surface area (TPSA) is 136 Å². The van der Waals surface area contributed by atoms with Gasteiger partial charge in [0.2, 0.25) is 10.0 Å². The Labute approximate surface area is 96.4 Å². The van der Waals surface area contributed by atoms with Crippen molar-refractivity contribution in [1.82, 2.24) is 0 Å². The first-order valence-electron chi connectivity index (χ1n) is 4.10. The van der Waals surface area contributed by atoms with Gasteiger partial charge < -0.3 is 4.74 Å². The molecule has 0 radical (unpaired) electrons. The highest BCUT2D eigenvalue weighted by Crippen LogP contribution is 2.31. The molecule has 2 N–H and O–H groups in total. The van der Waals surface area contributed by atoms with Crippen LogP contribution in [0, 0.1) is 21.4 Å². The average Bonchev–Trinajstić information content (AvgIpc) is 2.25. The van der Waals surface area contributed by atoms with Crippen molar-refractivity contribution in [3.8, 4) is 11.8 Å². The predicted octanol–water partition coefficient (Wildman–Crippen LogP) is 0.122. The van der Waals surface area contributed by atoms with E-state index in [1.165, 1.54) is 6.07 Å². The Morgan fingerprint density at radius 3 is 2.47 bits per heavy atom. The van der Waals surface area contributed by atoms with Gasteiger partial charge in [0, 0.05) is 12.1 Å². The normalized spacial score (nSPS) is 10.6. The van der Waals surface area contributed by atoms with Gasteiger partial charge in [0.25, 0.3) is 0 Å². The molecule has 0 amide bonds. The summed E-state index contributed by atoms with van der Waals surface area (Å²) in [4.78, 5) is 9.35. The lowest BCUT2D eigenvalue weighted by molar-refractivity contribution is -0.385. The molecule has 0 aromatic heterocycles. The van der Waals surface area contributed by atoms with Gasteiger partial charge in [0.05, 0.1) is 17.6 Å². The lowest BCUT2D eigenvalue weighted by Crippen LogP contribution is -2.14. The molecule has 9 heteroatoms. The van der Waals surface area contributed by atoms with Gasteiger partial charge in [-0.2, -0.15) is 5.26 Å². The summed E-state index contributed by atoms with van der Waals surface area (Å²) in [5, 5.41) is 24.2. The molecule has 0 heterocycles. The minimum atomic E-state index is -4.15. The molecule has 90 valence electrons. The number of hydrogen-bond acceptors (Lipinski definition) is 6. The SMILES string of the molecule is COc1cc(S(N)(=O)=O)c(C#N)cc1[N+](=O)[O-]. The van der Waals surface area contributed by atoms with E-state index < -0.39 is 31.1 Å². The fraction of sp³-hybridized carbons (Fsp3) is 0.125. The monoisotopic (exact) mass is 257 g/mol. The molecule has 0 aliphatic carbocycles. The van der Waals surface area contributed by atoms with E-state index in [0.717, 1.165) is 19.2 Å². The van der Waals surface area contributed by atoms with Crippen LogP contribution in [0.4, 0.5) is 5.69 Å². The predicted molar refractivity (Wildman–Crippen MR) is 55.7 cm³/mol. The first-order valence-corrected chi connectivity index (χ1v) is 5.65. The Morgan fingerprint density at radius 2 is 2.12 bits per heavy atom. The molecule has 0 fully saturated rings. The molecule has 0 atom stereocenters. The van der Waals surface area contributed by atoms with Gasteiger partial charge in [-0.05, 0) is 0 Å². The van der Waals surface area contributed by atoms with Crippen molar-refractivity contribution in [3.63, 3.8) is 0 Å². The molecule has 0 aliphatic rings. The maximum absolute atomic E-state index is 11.2. The van der Waals surface area contributed by atoms with Crippen LogP contribution >= 0.6 is 0 Å². The smallest absolute Gasteiger partial charge is 0.312 e. The quantitative estimate of drug-likeness (QED) is 0.603. The van der Waals surface area contributed by atoms with Gasteiger partial charge in [0.15, 0.2) is 5.75 Å². The van der Waals surface area contributed by atoms with Crippen molar-refractivity contribution in [1.29, 1.82) is 5.26 Å². The highest BCUT2D eigenvalue weighted by molar-refractivity contribution is 7.89. The van der Waals surface area contributed by atoms with Crippen LogP contribution < -0.4 is 9.88 Å². The van der Waals surface area contributed by atoms with Crippen molar-refractivity contribution >= 4 is 15.7 Å². The Kier molecular flexibility index (Phi) is 3.31. The molecule has 0 spiro atoms. The molecular formula is C8H7N3O5S. The standard InChI is InChI=1S/C8H7N3O5S/c1-16-7-3-8(17(10,14)15)5(4-9)2-6(7)11(12)13/h2-3H,1H3,(H2,10,14,15). The molecular weight excluding hydrogens is 250 g/mol. The zero-order chi connectivity index (χ0) is 13.2. The summed E-state index contributed by atoms with van der Waals surface area (Å²) >= 11 is 0. The first kappa shape index (κ1) is 12.9. The lowest BCUT2D eigenvalue weighted by Gasteiger charge is -2.05. The number of hydrogen-bond donors (Lipinski definition) is 1. The Morgan fingerprint density at radius 1 is 1.53 bits per heavy atom. The van der Waals surface area contributed by atoms with E-state index >= 15 is 0 Å². The van der Waals surface area contributed by atoms with E-state index in [4.69, 9.17) is 10.4 Å². The Balaban J connectivity index is 3.68. The largest absolute Gasteiger partial charge is 0.490 e. The molecule has 1 aromatic carbocycles. The number of benzene rings is 1. The van der Waals surface area contributed by atoms with Crippen molar-refractivity contribution in [2.24, 2.45) is 5.14 Å². The van der Waals surface area contributed by atoms with E-state index in [9.17, 15) is 18.5 Å². The molecule has 1 aromatic rings. The van der Waals surface area contributed by atoms with Gasteiger partial charge in [0.1, 0.15) is 11.0 Å². The summed E-state index contributed by atoms with van der Waals surface area (Å²) in [5.74, 6) is -0.280. The number of nitrogens with two attached hydrogens (primary N) is 1. The van der Waals surface area contributed by atoms with Crippen LogP contribution in [0.25, 0.3) is 0 Å². The highest BCUT2D eigenvalue weighted by Gasteiger charge is 2.23. The molecule has 0 saturated heterocycles. The summed E-state index contributed by atoms with van der Waals surface area (Å²) < 4.78 is 27.0. The van der Waals surface area contributed by atoms with E-state index in [-0.39, 0.29) is 5.75 Å². The minimum absolute atomic E-state index is 0.280. The Hall–Kier alpha value is -2.18. The van der Waals surface area contributed by atoms with E-state index in [1.807, 2.05) is 0 Å². The van der Waals surface area contributed by atoms with E-state index in [2.05, 4.69) is 4.74 Å². The van der Waals surface area contributed by atoms with Gasteiger partial charge in [-0.25, -0.2) is 13.6 Å². The third-order valence-electron chi connectivity index (χ3n) is 1.90. The van der Waals surface area contributed by atoms with Crippen LogP contribution in [-0.2, 0) is 10.0 Å². The maximum atomic E-state index is 11.2. The molecule has 0 saturated carbocycles. The third-order valence-corrected chi connectivity index (χ3v) is 2.86. The van der Waals surface area contributed by atoms with E-state index in [0.29, 0.717) is 0 Å². The number of primary sulfonamides is 1. The van der Waals surface area contributed by atoms with Gasteiger partial charge in [-0.1, -0.05) is 0 Å². The maximum Gasteiger partial charge on any atom is 0.312 e. The fourth-order valence-corrected chi connectivity index (χ4v) is 1.86. The number of nitro benzene ring substituents is 1. The summed E-state index contributed by atoms with van der Waals surface area (Å²) in [6.45, 7) is 0. The summed E-state index contributed by atoms with van der Waals surface area (Å²) in [7, 11) is -3.01. The molecule has 0 bridgehead atoms. The van der Waals surface area contributed by atoms with Gasteiger partial charge in [-0.3, -0.25) is 10.1 Å². The molecule has 17 heavy (non-hydrogen) atoms. The number of nitro groups is 1. The molecule has 0 aliphatic heterocycles. The second kappa shape index (κ2) is 4.36. The van der Waals surface area contributed by atoms with Gasteiger partial charge >= 0.3 is 5.69 Å². The number of rotatable bonds is 3. The van der Waals surface area contributed by atoms with Crippen LogP contribution in [0.15, 0.2) is 17.0 Å². The van der Waals surface area contributed by atoms with Crippen molar-refractivity contribution < 1.29 is 18.1 Å². The van der Waals surface area contributed by atoms with Crippen LogP contribution in [0.2, 0.25) is 0 Å². The number of ether oxygens (including phenoxy) is 1. The van der Waals surface area contributed by atoms with Gasteiger partial charge in [-0.15, -0.1) is 0 Å². The molecule has 1 rings (SSSR count). The van der Waals surface area contributed by atoms with Crippen LogP contribution in [0.1, 0.15) is 5.56 Å². The fourth-order valence-electron chi connectivity index (χ4n) is 1.18. The van der Waals surface area contributed by atoms with Crippen LogP contribution in [0.5, 0.6) is 5.75 Å². The number of nitriles is 1. The second-order valence-electron chi connectivity index (χ2n) is 2.93. The van der Waals surface area contributed by atoms with Crippen LogP contribution in [0.3, 0.4) is 0 Å². The average molecular weight is 257 g/mol.